The minimum Gasteiger partial charge on any atom is -0.376 e. The number of nitrogens with one attached hydrogen (secondary N) is 1. The first-order chi connectivity index (χ1) is 9.69. The van der Waals surface area contributed by atoms with Crippen LogP contribution < -0.4 is 10.2 Å². The van der Waals surface area contributed by atoms with Gasteiger partial charge in [-0.15, -0.1) is 0 Å². The van der Waals surface area contributed by atoms with Gasteiger partial charge in [0.25, 0.3) is 0 Å². The van der Waals surface area contributed by atoms with Crippen molar-refractivity contribution >= 4 is 11.8 Å². The van der Waals surface area contributed by atoms with Gasteiger partial charge in [-0.3, -0.25) is 0 Å². The van der Waals surface area contributed by atoms with Crippen molar-refractivity contribution in [3.63, 3.8) is 0 Å². The summed E-state index contributed by atoms with van der Waals surface area (Å²) in [5, 5.41) is 3.30. The molecule has 1 unspecified atom stereocenters. The molecule has 1 N–H and O–H groups in total. The lowest BCUT2D eigenvalue weighted by Crippen LogP contribution is -2.23. The molecule has 0 aliphatic carbocycles. The number of aryl methyl sites for hydroxylation is 1. The van der Waals surface area contributed by atoms with E-state index >= 15 is 0 Å². The van der Waals surface area contributed by atoms with Crippen LogP contribution in [-0.2, 0) is 4.74 Å². The molecule has 1 saturated heterocycles. The Morgan fingerprint density at radius 3 is 3.00 bits per heavy atom. The minimum absolute atomic E-state index is 0.306. The van der Waals surface area contributed by atoms with Crippen LogP contribution in [0.25, 0.3) is 0 Å². The lowest BCUT2D eigenvalue weighted by molar-refractivity contribution is 0.120. The molecule has 5 heteroatoms. The van der Waals surface area contributed by atoms with E-state index in [0.717, 1.165) is 44.0 Å². The number of rotatable bonds is 7. The molecule has 20 heavy (non-hydrogen) atoms. The molecule has 1 fully saturated rings. The second kappa shape index (κ2) is 7.43. The highest BCUT2D eigenvalue weighted by Crippen LogP contribution is 2.16. The summed E-state index contributed by atoms with van der Waals surface area (Å²) in [6, 6.07) is 2.03. The maximum Gasteiger partial charge on any atom is 0.224 e. The van der Waals surface area contributed by atoms with Crippen molar-refractivity contribution in [1.29, 1.82) is 0 Å². The molecule has 0 saturated carbocycles. The fourth-order valence-electron chi connectivity index (χ4n) is 2.35. The number of aromatic nitrogens is 2. The topological polar surface area (TPSA) is 50.3 Å². The number of ether oxygens (including phenoxy) is 1. The van der Waals surface area contributed by atoms with E-state index in [-0.39, 0.29) is 0 Å². The molecule has 0 aromatic carbocycles. The Morgan fingerprint density at radius 1 is 1.45 bits per heavy atom. The van der Waals surface area contributed by atoms with Crippen LogP contribution in [0.15, 0.2) is 6.07 Å². The summed E-state index contributed by atoms with van der Waals surface area (Å²) in [5.41, 5.74) is 0.994. The van der Waals surface area contributed by atoms with Gasteiger partial charge < -0.3 is 15.0 Å². The van der Waals surface area contributed by atoms with Crippen molar-refractivity contribution in [2.24, 2.45) is 0 Å². The number of anilines is 2. The molecule has 1 aliphatic heterocycles. The van der Waals surface area contributed by atoms with Crippen molar-refractivity contribution in [2.75, 3.05) is 37.0 Å². The smallest absolute Gasteiger partial charge is 0.224 e. The van der Waals surface area contributed by atoms with Crippen LogP contribution in [-0.4, -0.2) is 42.8 Å². The van der Waals surface area contributed by atoms with E-state index in [9.17, 15) is 0 Å². The van der Waals surface area contributed by atoms with Gasteiger partial charge in [-0.2, -0.15) is 4.98 Å². The van der Waals surface area contributed by atoms with Gasteiger partial charge in [-0.25, -0.2) is 4.98 Å². The number of hydrogen-bond acceptors (Lipinski definition) is 5. The molecule has 5 nitrogen and oxygen atoms in total. The highest BCUT2D eigenvalue weighted by molar-refractivity contribution is 5.44. The van der Waals surface area contributed by atoms with Gasteiger partial charge in [0.1, 0.15) is 5.82 Å². The third-order valence-corrected chi connectivity index (χ3v) is 3.59. The van der Waals surface area contributed by atoms with Gasteiger partial charge in [0.15, 0.2) is 0 Å². The SMILES string of the molecule is CCCCN(C)c1cc(C)nc(NCC2CCCO2)n1. The van der Waals surface area contributed by atoms with Crippen LogP contribution in [0.3, 0.4) is 0 Å². The quantitative estimate of drug-likeness (QED) is 0.831. The molecular formula is C15H26N4O. The minimum atomic E-state index is 0.306. The fourth-order valence-corrected chi connectivity index (χ4v) is 2.35. The Balaban J connectivity index is 1.96. The van der Waals surface area contributed by atoms with Gasteiger partial charge in [-0.1, -0.05) is 13.3 Å². The molecule has 2 rings (SSSR count). The maximum absolute atomic E-state index is 5.61. The van der Waals surface area contributed by atoms with Crippen LogP contribution in [0.5, 0.6) is 0 Å². The third kappa shape index (κ3) is 4.34. The summed E-state index contributed by atoms with van der Waals surface area (Å²) in [6.07, 6.45) is 4.96. The molecular weight excluding hydrogens is 252 g/mol. The lowest BCUT2D eigenvalue weighted by atomic mass is 10.2. The molecule has 0 amide bonds. The predicted octanol–water partition coefficient (Wildman–Crippen LogP) is 2.61. The molecule has 0 radical (unpaired) electrons. The van der Waals surface area contributed by atoms with Crippen LogP contribution in [0, 0.1) is 6.92 Å². The summed E-state index contributed by atoms with van der Waals surface area (Å²) in [6.45, 7) is 6.91. The van der Waals surface area contributed by atoms with E-state index in [1.807, 2.05) is 13.0 Å². The first-order valence-corrected chi connectivity index (χ1v) is 7.61. The highest BCUT2D eigenvalue weighted by Gasteiger charge is 2.15. The van der Waals surface area contributed by atoms with Crippen LogP contribution in [0.4, 0.5) is 11.8 Å². The van der Waals surface area contributed by atoms with Gasteiger partial charge in [0.05, 0.1) is 6.10 Å². The van der Waals surface area contributed by atoms with Crippen LogP contribution in [0.1, 0.15) is 38.3 Å². The summed E-state index contributed by atoms with van der Waals surface area (Å²) in [5.74, 6) is 1.69. The van der Waals surface area contributed by atoms with Gasteiger partial charge >= 0.3 is 0 Å². The summed E-state index contributed by atoms with van der Waals surface area (Å²) in [4.78, 5) is 11.2. The molecule has 1 aromatic rings. The Kier molecular flexibility index (Phi) is 5.59. The maximum atomic E-state index is 5.61. The third-order valence-electron chi connectivity index (χ3n) is 3.59. The second-order valence-corrected chi connectivity index (χ2v) is 5.48. The van der Waals surface area contributed by atoms with E-state index in [2.05, 4.69) is 34.2 Å². The average Bonchev–Trinajstić information content (AvgIpc) is 2.95. The molecule has 1 aliphatic rings. The van der Waals surface area contributed by atoms with E-state index in [4.69, 9.17) is 4.74 Å². The monoisotopic (exact) mass is 278 g/mol. The van der Waals surface area contributed by atoms with Crippen molar-refractivity contribution in [2.45, 2.75) is 45.6 Å². The molecule has 112 valence electrons. The Bertz CT molecular complexity index is 418. The Morgan fingerprint density at radius 2 is 2.30 bits per heavy atom. The van der Waals surface area contributed by atoms with Crippen LogP contribution in [0.2, 0.25) is 0 Å². The zero-order chi connectivity index (χ0) is 14.4. The molecule has 0 bridgehead atoms. The Labute approximate surface area is 121 Å². The van der Waals surface area contributed by atoms with E-state index in [1.165, 1.54) is 12.8 Å². The van der Waals surface area contributed by atoms with Crippen molar-refractivity contribution in [3.05, 3.63) is 11.8 Å². The number of hydrogen-bond donors (Lipinski definition) is 1. The largest absolute Gasteiger partial charge is 0.376 e. The molecule has 1 atom stereocenters. The highest BCUT2D eigenvalue weighted by atomic mass is 16.5. The molecule has 0 spiro atoms. The van der Waals surface area contributed by atoms with E-state index in [0.29, 0.717) is 12.1 Å². The second-order valence-electron chi connectivity index (χ2n) is 5.48. The molecule has 1 aromatic heterocycles. The molecule has 2 heterocycles. The fraction of sp³-hybridized carbons (Fsp3) is 0.733. The predicted molar refractivity (Wildman–Crippen MR) is 82.4 cm³/mol. The summed E-state index contributed by atoms with van der Waals surface area (Å²) < 4.78 is 5.61. The van der Waals surface area contributed by atoms with E-state index in [1.54, 1.807) is 0 Å². The zero-order valence-corrected chi connectivity index (χ0v) is 12.9. The zero-order valence-electron chi connectivity index (χ0n) is 12.9. The summed E-state index contributed by atoms with van der Waals surface area (Å²) in [7, 11) is 2.08. The van der Waals surface area contributed by atoms with Gasteiger partial charge in [0.2, 0.25) is 5.95 Å². The number of unbranched alkanes of at least 4 members (excludes halogenated alkanes) is 1. The number of nitrogens with zero attached hydrogens (tertiary/aromatic N) is 3. The van der Waals surface area contributed by atoms with Gasteiger partial charge in [-0.05, 0) is 26.2 Å². The van der Waals surface area contributed by atoms with Crippen LogP contribution >= 0.6 is 0 Å². The lowest BCUT2D eigenvalue weighted by Gasteiger charge is -2.19. The first-order valence-electron chi connectivity index (χ1n) is 7.61. The van der Waals surface area contributed by atoms with E-state index < -0.39 is 0 Å². The van der Waals surface area contributed by atoms with Crippen molar-refractivity contribution in [1.82, 2.24) is 9.97 Å². The summed E-state index contributed by atoms with van der Waals surface area (Å²) >= 11 is 0. The first kappa shape index (κ1) is 15.0. The average molecular weight is 278 g/mol. The van der Waals surface area contributed by atoms with Crippen molar-refractivity contribution < 1.29 is 4.74 Å². The Hall–Kier alpha value is -1.36. The van der Waals surface area contributed by atoms with Gasteiger partial charge in [0, 0.05) is 38.5 Å². The van der Waals surface area contributed by atoms with Crippen molar-refractivity contribution in [3.8, 4) is 0 Å². The normalized spacial score (nSPS) is 18.2. The standard InChI is InChI=1S/C15H26N4O/c1-4-5-8-19(3)14-10-12(2)17-15(18-14)16-11-13-7-6-9-20-13/h10,13H,4-9,11H2,1-3H3,(H,16,17,18).